The van der Waals surface area contributed by atoms with Crippen molar-refractivity contribution in [1.82, 2.24) is 15.1 Å². The van der Waals surface area contributed by atoms with E-state index in [2.05, 4.69) is 31.2 Å². The van der Waals surface area contributed by atoms with Gasteiger partial charge in [-0.2, -0.15) is 5.10 Å². The summed E-state index contributed by atoms with van der Waals surface area (Å²) < 4.78 is 1.77. The third-order valence-electron chi connectivity index (χ3n) is 2.50. The van der Waals surface area contributed by atoms with Crippen LogP contribution < -0.4 is 5.32 Å². The predicted octanol–water partition coefficient (Wildman–Crippen LogP) is 1.40. The maximum Gasteiger partial charge on any atom is 0.0640 e. The zero-order chi connectivity index (χ0) is 12.0. The maximum atomic E-state index is 8.77. The Bertz CT molecular complexity index is 296. The number of aliphatic hydroxyl groups excluding tert-OH is 1. The van der Waals surface area contributed by atoms with Crippen LogP contribution in [0.3, 0.4) is 0 Å². The van der Waals surface area contributed by atoms with Gasteiger partial charge in [0.25, 0.3) is 0 Å². The highest BCUT2D eigenvalue weighted by Crippen LogP contribution is 2.05. The van der Waals surface area contributed by atoms with Crippen LogP contribution in [-0.4, -0.2) is 27.5 Å². The number of rotatable bonds is 7. The van der Waals surface area contributed by atoms with Gasteiger partial charge in [-0.15, -0.1) is 0 Å². The van der Waals surface area contributed by atoms with Gasteiger partial charge < -0.3 is 10.4 Å². The van der Waals surface area contributed by atoms with Crippen LogP contribution in [0.2, 0.25) is 0 Å². The van der Waals surface area contributed by atoms with E-state index in [1.165, 1.54) is 12.0 Å². The zero-order valence-electron chi connectivity index (χ0n) is 10.5. The van der Waals surface area contributed by atoms with Gasteiger partial charge in [-0.05, 0) is 19.3 Å². The second-order valence-electron chi connectivity index (χ2n) is 4.75. The van der Waals surface area contributed by atoms with Gasteiger partial charge in [0, 0.05) is 24.3 Å². The molecule has 0 radical (unpaired) electrons. The van der Waals surface area contributed by atoms with E-state index in [0.717, 1.165) is 12.5 Å². The summed E-state index contributed by atoms with van der Waals surface area (Å²) in [6.07, 6.45) is 5.01. The molecule has 1 heterocycles. The normalized spacial score (nSPS) is 13.3. The van der Waals surface area contributed by atoms with Crippen molar-refractivity contribution >= 4 is 0 Å². The highest BCUT2D eigenvalue weighted by Gasteiger charge is 2.05. The fourth-order valence-corrected chi connectivity index (χ4v) is 1.80. The van der Waals surface area contributed by atoms with Crippen molar-refractivity contribution in [1.29, 1.82) is 0 Å². The summed E-state index contributed by atoms with van der Waals surface area (Å²) in [5.41, 5.74) is 1.17. The fourth-order valence-electron chi connectivity index (χ4n) is 1.80. The lowest BCUT2D eigenvalue weighted by Gasteiger charge is -2.15. The van der Waals surface area contributed by atoms with Crippen LogP contribution in [0, 0.1) is 5.92 Å². The minimum Gasteiger partial charge on any atom is -0.394 e. The lowest BCUT2D eigenvalue weighted by molar-refractivity contribution is 0.269. The number of hydrogen-bond acceptors (Lipinski definition) is 3. The third-order valence-corrected chi connectivity index (χ3v) is 2.50. The number of hydrogen-bond donors (Lipinski definition) is 2. The van der Waals surface area contributed by atoms with Crippen LogP contribution in [0.25, 0.3) is 0 Å². The molecule has 0 spiro atoms. The number of nitrogens with zero attached hydrogens (tertiary/aromatic N) is 2. The molecule has 1 aromatic rings. The van der Waals surface area contributed by atoms with Gasteiger partial charge in [0.15, 0.2) is 0 Å². The van der Waals surface area contributed by atoms with Gasteiger partial charge in [-0.1, -0.05) is 13.8 Å². The van der Waals surface area contributed by atoms with Crippen molar-refractivity contribution in [2.75, 3.05) is 6.61 Å². The molecule has 2 N–H and O–H groups in total. The molecular weight excluding hydrogens is 202 g/mol. The molecule has 16 heavy (non-hydrogen) atoms. The summed E-state index contributed by atoms with van der Waals surface area (Å²) in [6.45, 7) is 8.23. The van der Waals surface area contributed by atoms with Gasteiger partial charge in [0.1, 0.15) is 0 Å². The number of nitrogens with one attached hydrogen (secondary N) is 1. The van der Waals surface area contributed by atoms with E-state index in [4.69, 9.17) is 5.11 Å². The highest BCUT2D eigenvalue weighted by atomic mass is 16.3. The molecule has 0 saturated heterocycles. The summed E-state index contributed by atoms with van der Waals surface area (Å²) >= 11 is 0. The Kier molecular flexibility index (Phi) is 5.49. The molecule has 0 aliphatic carbocycles. The molecule has 1 atom stereocenters. The molecule has 1 unspecified atom stereocenters. The van der Waals surface area contributed by atoms with E-state index in [-0.39, 0.29) is 6.61 Å². The quantitative estimate of drug-likeness (QED) is 0.737. The van der Waals surface area contributed by atoms with Crippen molar-refractivity contribution in [2.45, 2.75) is 46.3 Å². The molecule has 0 saturated carbocycles. The summed E-state index contributed by atoms with van der Waals surface area (Å²) in [4.78, 5) is 0. The zero-order valence-corrected chi connectivity index (χ0v) is 10.5. The van der Waals surface area contributed by atoms with E-state index in [1.54, 1.807) is 4.68 Å². The summed E-state index contributed by atoms with van der Waals surface area (Å²) in [6, 6.07) is 0.529. The molecule has 4 heteroatoms. The summed E-state index contributed by atoms with van der Waals surface area (Å²) in [5.74, 6) is 0.722. The molecular formula is C12H23N3O. The minimum atomic E-state index is 0.137. The monoisotopic (exact) mass is 225 g/mol. The minimum absolute atomic E-state index is 0.137. The Hall–Kier alpha value is -0.870. The van der Waals surface area contributed by atoms with Gasteiger partial charge in [0.05, 0.1) is 19.3 Å². The molecule has 0 aliphatic rings. The molecule has 0 amide bonds. The maximum absolute atomic E-state index is 8.77. The first kappa shape index (κ1) is 13.2. The fraction of sp³-hybridized carbons (Fsp3) is 0.750. The van der Waals surface area contributed by atoms with Crippen LogP contribution in [0.1, 0.15) is 32.8 Å². The van der Waals surface area contributed by atoms with E-state index in [0.29, 0.717) is 12.6 Å². The van der Waals surface area contributed by atoms with Crippen LogP contribution in [0.15, 0.2) is 12.4 Å². The Morgan fingerprint density at radius 1 is 1.44 bits per heavy atom. The predicted molar refractivity (Wildman–Crippen MR) is 65.1 cm³/mol. The molecule has 1 rings (SSSR count). The first-order chi connectivity index (χ1) is 7.61. The van der Waals surface area contributed by atoms with Gasteiger partial charge in [-0.25, -0.2) is 0 Å². The topological polar surface area (TPSA) is 50.1 Å². The second-order valence-corrected chi connectivity index (χ2v) is 4.75. The lowest BCUT2D eigenvalue weighted by atomic mass is 10.1. The Morgan fingerprint density at radius 2 is 2.19 bits per heavy atom. The molecule has 0 fully saturated rings. The van der Waals surface area contributed by atoms with E-state index in [1.807, 2.05) is 12.4 Å². The van der Waals surface area contributed by atoms with E-state index in [9.17, 15) is 0 Å². The van der Waals surface area contributed by atoms with Crippen LogP contribution in [-0.2, 0) is 13.1 Å². The van der Waals surface area contributed by atoms with Crippen LogP contribution >= 0.6 is 0 Å². The molecule has 0 bridgehead atoms. The van der Waals surface area contributed by atoms with Crippen molar-refractivity contribution in [2.24, 2.45) is 5.92 Å². The highest BCUT2D eigenvalue weighted by molar-refractivity contribution is 5.03. The van der Waals surface area contributed by atoms with Crippen molar-refractivity contribution in [3.05, 3.63) is 18.0 Å². The Morgan fingerprint density at radius 3 is 2.81 bits per heavy atom. The van der Waals surface area contributed by atoms with Gasteiger partial charge in [0.2, 0.25) is 0 Å². The van der Waals surface area contributed by atoms with Gasteiger partial charge in [-0.3, -0.25) is 4.68 Å². The van der Waals surface area contributed by atoms with Gasteiger partial charge >= 0.3 is 0 Å². The number of aromatic nitrogens is 2. The van der Waals surface area contributed by atoms with Crippen molar-refractivity contribution < 1.29 is 5.11 Å². The van der Waals surface area contributed by atoms with E-state index < -0.39 is 0 Å². The number of aliphatic hydroxyl groups is 1. The molecule has 4 nitrogen and oxygen atoms in total. The molecule has 1 aromatic heterocycles. The largest absolute Gasteiger partial charge is 0.394 e. The first-order valence-electron chi connectivity index (χ1n) is 5.97. The summed E-state index contributed by atoms with van der Waals surface area (Å²) in [7, 11) is 0. The average Bonchev–Trinajstić information content (AvgIpc) is 2.62. The average molecular weight is 225 g/mol. The lowest BCUT2D eigenvalue weighted by Crippen LogP contribution is -2.26. The van der Waals surface area contributed by atoms with E-state index >= 15 is 0 Å². The standard InChI is InChI=1S/C12H23N3O/c1-10(2)6-11(3)13-7-12-8-14-15(9-12)4-5-16/h8-11,13,16H,4-7H2,1-3H3. The second kappa shape index (κ2) is 6.66. The molecule has 0 aliphatic heterocycles. The molecule has 0 aromatic carbocycles. The first-order valence-corrected chi connectivity index (χ1v) is 5.97. The summed E-state index contributed by atoms with van der Waals surface area (Å²) in [5, 5.41) is 16.4. The Balaban J connectivity index is 2.30. The Labute approximate surface area is 97.7 Å². The molecule has 92 valence electrons. The SMILES string of the molecule is CC(C)CC(C)NCc1cnn(CCO)c1. The third kappa shape index (κ3) is 4.77. The smallest absolute Gasteiger partial charge is 0.0640 e. The van der Waals surface area contributed by atoms with Crippen LogP contribution in [0.4, 0.5) is 0 Å². The van der Waals surface area contributed by atoms with Crippen molar-refractivity contribution in [3.63, 3.8) is 0 Å². The van der Waals surface area contributed by atoms with Crippen LogP contribution in [0.5, 0.6) is 0 Å². The van der Waals surface area contributed by atoms with Crippen molar-refractivity contribution in [3.8, 4) is 0 Å².